The summed E-state index contributed by atoms with van der Waals surface area (Å²) in [7, 11) is 0. The van der Waals surface area contributed by atoms with E-state index in [9.17, 15) is 0 Å². The van der Waals surface area contributed by atoms with Gasteiger partial charge in [-0.2, -0.15) is 0 Å². The van der Waals surface area contributed by atoms with Gasteiger partial charge in [-0.25, -0.2) is 4.98 Å². The van der Waals surface area contributed by atoms with Crippen LogP contribution in [0.15, 0.2) is 18.2 Å². The van der Waals surface area contributed by atoms with E-state index in [0.29, 0.717) is 17.0 Å². The molecule has 1 aliphatic rings. The number of aromatic nitrogens is 1. The molecule has 1 aromatic rings. The van der Waals surface area contributed by atoms with Crippen LogP contribution >= 0.6 is 0 Å². The molecule has 3 nitrogen and oxygen atoms in total. The summed E-state index contributed by atoms with van der Waals surface area (Å²) in [6, 6.07) is 5.54. The summed E-state index contributed by atoms with van der Waals surface area (Å²) < 4.78 is 5.87. The standard InChI is InChI=1S/C14H21NO2/c1-14(2)8-6-12(7-9-14)17-13-5-3-4-11(10-16)15-13/h3-5,12,16H,6-10H2,1-2H3. The minimum Gasteiger partial charge on any atom is -0.474 e. The van der Waals surface area contributed by atoms with Crippen molar-refractivity contribution < 1.29 is 9.84 Å². The summed E-state index contributed by atoms with van der Waals surface area (Å²) in [5.41, 5.74) is 1.12. The first kappa shape index (κ1) is 12.4. The van der Waals surface area contributed by atoms with Gasteiger partial charge in [0.1, 0.15) is 6.10 Å². The Morgan fingerprint density at radius 1 is 1.35 bits per heavy atom. The molecule has 94 valence electrons. The van der Waals surface area contributed by atoms with Gasteiger partial charge in [0.05, 0.1) is 12.3 Å². The molecule has 0 bridgehead atoms. The van der Waals surface area contributed by atoms with E-state index in [1.807, 2.05) is 12.1 Å². The normalized spacial score (nSPS) is 20.2. The van der Waals surface area contributed by atoms with Gasteiger partial charge in [0.15, 0.2) is 0 Å². The van der Waals surface area contributed by atoms with Crippen molar-refractivity contribution in [2.75, 3.05) is 0 Å². The van der Waals surface area contributed by atoms with Gasteiger partial charge in [0.2, 0.25) is 5.88 Å². The molecule has 0 unspecified atom stereocenters. The molecular formula is C14H21NO2. The van der Waals surface area contributed by atoms with E-state index in [-0.39, 0.29) is 12.7 Å². The quantitative estimate of drug-likeness (QED) is 0.876. The van der Waals surface area contributed by atoms with E-state index in [4.69, 9.17) is 9.84 Å². The van der Waals surface area contributed by atoms with Gasteiger partial charge in [-0.05, 0) is 37.2 Å². The Labute approximate surface area is 103 Å². The number of aliphatic hydroxyl groups excluding tert-OH is 1. The van der Waals surface area contributed by atoms with Gasteiger partial charge in [0.25, 0.3) is 0 Å². The number of ether oxygens (including phenoxy) is 1. The molecule has 2 rings (SSSR count). The van der Waals surface area contributed by atoms with Crippen molar-refractivity contribution in [1.82, 2.24) is 4.98 Å². The van der Waals surface area contributed by atoms with Gasteiger partial charge in [-0.15, -0.1) is 0 Å². The molecule has 1 N–H and O–H groups in total. The van der Waals surface area contributed by atoms with Gasteiger partial charge in [-0.3, -0.25) is 0 Å². The van der Waals surface area contributed by atoms with Crippen LogP contribution in [0.5, 0.6) is 5.88 Å². The van der Waals surface area contributed by atoms with Crippen LogP contribution in [-0.2, 0) is 6.61 Å². The van der Waals surface area contributed by atoms with Crippen molar-refractivity contribution in [2.24, 2.45) is 5.41 Å². The van der Waals surface area contributed by atoms with Crippen molar-refractivity contribution in [3.63, 3.8) is 0 Å². The maximum Gasteiger partial charge on any atom is 0.213 e. The van der Waals surface area contributed by atoms with Crippen LogP contribution in [0.2, 0.25) is 0 Å². The van der Waals surface area contributed by atoms with E-state index in [1.54, 1.807) is 6.07 Å². The lowest BCUT2D eigenvalue weighted by molar-refractivity contribution is 0.0944. The fourth-order valence-corrected chi connectivity index (χ4v) is 2.27. The average Bonchev–Trinajstić information content (AvgIpc) is 2.32. The highest BCUT2D eigenvalue weighted by atomic mass is 16.5. The SMILES string of the molecule is CC1(C)CCC(Oc2cccc(CO)n2)CC1. The predicted octanol–water partition coefficient (Wildman–Crippen LogP) is 2.92. The Balaban J connectivity index is 1.93. The third-order valence-electron chi connectivity index (χ3n) is 3.52. The number of hydrogen-bond donors (Lipinski definition) is 1. The van der Waals surface area contributed by atoms with E-state index in [0.717, 1.165) is 12.8 Å². The molecule has 3 heteroatoms. The summed E-state index contributed by atoms with van der Waals surface area (Å²) in [6.07, 6.45) is 4.88. The van der Waals surface area contributed by atoms with Crippen molar-refractivity contribution >= 4 is 0 Å². The Kier molecular flexibility index (Phi) is 3.67. The minimum absolute atomic E-state index is 0.0328. The molecule has 1 heterocycles. The van der Waals surface area contributed by atoms with E-state index < -0.39 is 0 Å². The van der Waals surface area contributed by atoms with Crippen molar-refractivity contribution in [2.45, 2.75) is 52.2 Å². The Morgan fingerprint density at radius 2 is 2.06 bits per heavy atom. The first-order valence-corrected chi connectivity index (χ1v) is 6.32. The van der Waals surface area contributed by atoms with Crippen LogP contribution in [0, 0.1) is 5.41 Å². The minimum atomic E-state index is -0.0328. The van der Waals surface area contributed by atoms with Crippen molar-refractivity contribution in [3.8, 4) is 5.88 Å². The highest BCUT2D eigenvalue weighted by molar-refractivity contribution is 5.15. The molecule has 0 radical (unpaired) electrons. The van der Waals surface area contributed by atoms with Crippen molar-refractivity contribution in [1.29, 1.82) is 0 Å². The van der Waals surface area contributed by atoms with Gasteiger partial charge >= 0.3 is 0 Å². The average molecular weight is 235 g/mol. The summed E-state index contributed by atoms with van der Waals surface area (Å²) in [5.74, 6) is 0.640. The summed E-state index contributed by atoms with van der Waals surface area (Å²) >= 11 is 0. The predicted molar refractivity (Wildman–Crippen MR) is 66.8 cm³/mol. The lowest BCUT2D eigenvalue weighted by Crippen LogP contribution is -2.28. The van der Waals surface area contributed by atoms with Crippen LogP contribution in [0.1, 0.15) is 45.2 Å². The van der Waals surface area contributed by atoms with E-state index in [2.05, 4.69) is 18.8 Å². The second-order valence-electron chi connectivity index (χ2n) is 5.61. The molecule has 0 spiro atoms. The van der Waals surface area contributed by atoms with E-state index >= 15 is 0 Å². The number of pyridine rings is 1. The molecule has 0 aliphatic heterocycles. The fourth-order valence-electron chi connectivity index (χ4n) is 2.27. The molecule has 1 aromatic heterocycles. The van der Waals surface area contributed by atoms with Gasteiger partial charge in [0, 0.05) is 6.07 Å². The largest absolute Gasteiger partial charge is 0.474 e. The molecule has 1 saturated carbocycles. The number of rotatable bonds is 3. The van der Waals surface area contributed by atoms with Crippen LogP contribution in [-0.4, -0.2) is 16.2 Å². The van der Waals surface area contributed by atoms with Gasteiger partial charge in [-0.1, -0.05) is 19.9 Å². The van der Waals surface area contributed by atoms with Crippen molar-refractivity contribution in [3.05, 3.63) is 23.9 Å². The van der Waals surface area contributed by atoms with Crippen LogP contribution < -0.4 is 4.74 Å². The molecule has 0 amide bonds. The zero-order valence-electron chi connectivity index (χ0n) is 10.6. The second kappa shape index (κ2) is 5.05. The monoisotopic (exact) mass is 235 g/mol. The van der Waals surface area contributed by atoms with Crippen LogP contribution in [0.4, 0.5) is 0 Å². The van der Waals surface area contributed by atoms with Gasteiger partial charge < -0.3 is 9.84 Å². The lowest BCUT2D eigenvalue weighted by atomic mass is 9.76. The lowest BCUT2D eigenvalue weighted by Gasteiger charge is -2.34. The summed E-state index contributed by atoms with van der Waals surface area (Å²) in [4.78, 5) is 4.25. The summed E-state index contributed by atoms with van der Waals surface area (Å²) in [6.45, 7) is 4.59. The number of aliphatic hydroxyl groups is 1. The Bertz CT molecular complexity index is 366. The smallest absolute Gasteiger partial charge is 0.213 e. The number of hydrogen-bond acceptors (Lipinski definition) is 3. The van der Waals surface area contributed by atoms with Crippen LogP contribution in [0.25, 0.3) is 0 Å². The fraction of sp³-hybridized carbons (Fsp3) is 0.643. The maximum absolute atomic E-state index is 9.02. The molecule has 1 aliphatic carbocycles. The topological polar surface area (TPSA) is 42.4 Å². The van der Waals surface area contributed by atoms with Crippen LogP contribution in [0.3, 0.4) is 0 Å². The molecule has 0 aromatic carbocycles. The highest BCUT2D eigenvalue weighted by Crippen LogP contribution is 2.36. The molecule has 0 saturated heterocycles. The Hall–Kier alpha value is -1.09. The summed E-state index contributed by atoms with van der Waals surface area (Å²) in [5, 5.41) is 9.02. The molecule has 17 heavy (non-hydrogen) atoms. The first-order valence-electron chi connectivity index (χ1n) is 6.32. The Morgan fingerprint density at radius 3 is 2.71 bits per heavy atom. The molecule has 1 fully saturated rings. The number of nitrogens with zero attached hydrogens (tertiary/aromatic N) is 1. The zero-order valence-corrected chi connectivity index (χ0v) is 10.6. The second-order valence-corrected chi connectivity index (χ2v) is 5.61. The highest BCUT2D eigenvalue weighted by Gasteiger charge is 2.27. The molecule has 0 atom stereocenters. The zero-order chi connectivity index (χ0) is 12.3. The third-order valence-corrected chi connectivity index (χ3v) is 3.52. The molecular weight excluding hydrogens is 214 g/mol. The maximum atomic E-state index is 9.02. The third kappa shape index (κ3) is 3.43. The first-order chi connectivity index (χ1) is 8.09. The van der Waals surface area contributed by atoms with E-state index in [1.165, 1.54) is 12.8 Å².